The quantitative estimate of drug-likeness (QED) is 0.850. The number of nitrogens with zero attached hydrogens (tertiary/aromatic N) is 1. The number of halogens is 3. The number of hydrogen-bond donors (Lipinski definition) is 1. The maximum absolute atomic E-state index is 13.0. The molecule has 1 aliphatic rings. The van der Waals surface area contributed by atoms with E-state index in [0.29, 0.717) is 0 Å². The molecule has 1 fully saturated rings. The second-order valence-corrected chi connectivity index (χ2v) is 5.20. The summed E-state index contributed by atoms with van der Waals surface area (Å²) in [4.78, 5) is 24.0. The Balaban J connectivity index is 1.97. The molecule has 0 radical (unpaired) electrons. The molecule has 22 heavy (non-hydrogen) atoms. The molecule has 120 valence electrons. The molecule has 0 bridgehead atoms. The largest absolute Gasteiger partial charge is 0.416 e. The molecule has 1 N–H and O–H groups in total. The fourth-order valence-corrected chi connectivity index (χ4v) is 2.51. The number of alkyl halides is 3. The van der Waals surface area contributed by atoms with Crippen LogP contribution in [0, 0.1) is 0 Å². The van der Waals surface area contributed by atoms with Crippen LogP contribution in [0.2, 0.25) is 0 Å². The molecule has 0 aliphatic carbocycles. The van der Waals surface area contributed by atoms with Gasteiger partial charge in [-0.3, -0.25) is 14.5 Å². The standard InChI is InChI=1S/C15H17F3N2O2/c1-10(11-4-2-3-5-12(11)15(16,17)18)19-8-9-20-13(21)6-7-14(20)22/h2-5,10,19H,6-9H2,1H3/t10-/m0/s1. The molecule has 0 spiro atoms. The SMILES string of the molecule is C[C@H](NCCN1C(=O)CCC1=O)c1ccccc1C(F)(F)F. The molecular weight excluding hydrogens is 297 g/mol. The highest BCUT2D eigenvalue weighted by Gasteiger charge is 2.34. The van der Waals surface area contributed by atoms with E-state index in [-0.39, 0.29) is 43.3 Å². The van der Waals surface area contributed by atoms with Gasteiger partial charge in [0.25, 0.3) is 0 Å². The monoisotopic (exact) mass is 314 g/mol. The first-order valence-electron chi connectivity index (χ1n) is 7.03. The van der Waals surface area contributed by atoms with E-state index in [1.54, 1.807) is 13.0 Å². The van der Waals surface area contributed by atoms with Crippen molar-refractivity contribution in [1.29, 1.82) is 0 Å². The normalized spacial score (nSPS) is 17.2. The molecule has 2 rings (SSSR count). The summed E-state index contributed by atoms with van der Waals surface area (Å²) in [5, 5.41) is 2.93. The number of rotatable bonds is 5. The molecule has 0 saturated carbocycles. The second-order valence-electron chi connectivity index (χ2n) is 5.20. The molecule has 1 aromatic carbocycles. The van der Waals surface area contributed by atoms with Crippen molar-refractivity contribution in [2.24, 2.45) is 0 Å². The first kappa shape index (κ1) is 16.5. The van der Waals surface area contributed by atoms with Gasteiger partial charge in [0.05, 0.1) is 5.56 Å². The molecule has 4 nitrogen and oxygen atoms in total. The van der Waals surface area contributed by atoms with Crippen molar-refractivity contribution in [1.82, 2.24) is 10.2 Å². The van der Waals surface area contributed by atoms with E-state index >= 15 is 0 Å². The van der Waals surface area contributed by atoms with Gasteiger partial charge in [0.15, 0.2) is 0 Å². The lowest BCUT2D eigenvalue weighted by atomic mass is 10.0. The maximum atomic E-state index is 13.0. The van der Waals surface area contributed by atoms with E-state index in [9.17, 15) is 22.8 Å². The third kappa shape index (κ3) is 3.65. The van der Waals surface area contributed by atoms with E-state index < -0.39 is 17.8 Å². The predicted octanol–water partition coefficient (Wildman–Crippen LogP) is 2.51. The molecule has 7 heteroatoms. The fourth-order valence-electron chi connectivity index (χ4n) is 2.51. The Morgan fingerprint density at radius 3 is 2.36 bits per heavy atom. The van der Waals surface area contributed by atoms with E-state index in [4.69, 9.17) is 0 Å². The number of carbonyl (C=O) groups excluding carboxylic acids is 2. The van der Waals surface area contributed by atoms with Crippen LogP contribution in [-0.2, 0) is 15.8 Å². The van der Waals surface area contributed by atoms with Gasteiger partial charge in [-0.05, 0) is 18.6 Å². The highest BCUT2D eigenvalue weighted by molar-refractivity contribution is 6.01. The van der Waals surface area contributed by atoms with Crippen molar-refractivity contribution in [2.45, 2.75) is 32.0 Å². The lowest BCUT2D eigenvalue weighted by Gasteiger charge is -2.21. The smallest absolute Gasteiger partial charge is 0.308 e. The molecule has 1 saturated heterocycles. The Bertz CT molecular complexity index is 556. The predicted molar refractivity (Wildman–Crippen MR) is 73.8 cm³/mol. The van der Waals surface area contributed by atoms with Crippen LogP contribution in [0.15, 0.2) is 24.3 Å². The molecule has 1 heterocycles. The average molecular weight is 314 g/mol. The Labute approximate surface area is 126 Å². The molecule has 1 aliphatic heterocycles. The van der Waals surface area contributed by atoms with Crippen LogP contribution in [0.3, 0.4) is 0 Å². The first-order chi connectivity index (χ1) is 10.3. The van der Waals surface area contributed by atoms with Gasteiger partial charge in [-0.15, -0.1) is 0 Å². The summed E-state index contributed by atoms with van der Waals surface area (Å²) < 4.78 is 38.9. The van der Waals surface area contributed by atoms with Crippen molar-refractivity contribution < 1.29 is 22.8 Å². The van der Waals surface area contributed by atoms with Gasteiger partial charge in [0.2, 0.25) is 11.8 Å². The Morgan fingerprint density at radius 2 is 1.77 bits per heavy atom. The summed E-state index contributed by atoms with van der Waals surface area (Å²) in [6, 6.07) is 4.83. The van der Waals surface area contributed by atoms with Crippen molar-refractivity contribution in [2.75, 3.05) is 13.1 Å². The van der Waals surface area contributed by atoms with Gasteiger partial charge in [-0.1, -0.05) is 18.2 Å². The van der Waals surface area contributed by atoms with Gasteiger partial charge < -0.3 is 5.32 Å². The number of nitrogens with one attached hydrogen (secondary N) is 1. The zero-order chi connectivity index (χ0) is 16.3. The topological polar surface area (TPSA) is 49.4 Å². The van der Waals surface area contributed by atoms with Crippen molar-refractivity contribution in [3.05, 3.63) is 35.4 Å². The Hall–Kier alpha value is -1.89. The third-order valence-corrected chi connectivity index (χ3v) is 3.67. The summed E-state index contributed by atoms with van der Waals surface area (Å²) in [6.07, 6.45) is -3.98. The van der Waals surface area contributed by atoms with Crippen LogP contribution in [0.4, 0.5) is 13.2 Å². The van der Waals surface area contributed by atoms with E-state index in [0.717, 1.165) is 11.0 Å². The minimum Gasteiger partial charge on any atom is -0.308 e. The molecule has 2 amide bonds. The van der Waals surface area contributed by atoms with Crippen LogP contribution in [-0.4, -0.2) is 29.8 Å². The van der Waals surface area contributed by atoms with Crippen molar-refractivity contribution in [3.63, 3.8) is 0 Å². The highest BCUT2D eigenvalue weighted by atomic mass is 19.4. The van der Waals surface area contributed by atoms with Gasteiger partial charge in [-0.25, -0.2) is 0 Å². The number of likely N-dealkylation sites (tertiary alicyclic amines) is 1. The van der Waals surface area contributed by atoms with Crippen LogP contribution in [0.1, 0.15) is 36.9 Å². The average Bonchev–Trinajstić information content (AvgIpc) is 2.78. The van der Waals surface area contributed by atoms with Crippen LogP contribution in [0.25, 0.3) is 0 Å². The molecule has 0 unspecified atom stereocenters. The van der Waals surface area contributed by atoms with Crippen molar-refractivity contribution in [3.8, 4) is 0 Å². The molecule has 0 aromatic heterocycles. The summed E-state index contributed by atoms with van der Waals surface area (Å²) in [6.45, 7) is 2.05. The Kier molecular flexibility index (Phi) is 4.85. The summed E-state index contributed by atoms with van der Waals surface area (Å²) in [5.74, 6) is -0.453. The van der Waals surface area contributed by atoms with Gasteiger partial charge in [0, 0.05) is 32.0 Å². The Morgan fingerprint density at radius 1 is 1.18 bits per heavy atom. The zero-order valence-electron chi connectivity index (χ0n) is 12.1. The zero-order valence-corrected chi connectivity index (χ0v) is 12.1. The lowest BCUT2D eigenvalue weighted by molar-refractivity contribution is -0.139. The number of amides is 2. The summed E-state index contributed by atoms with van der Waals surface area (Å²) in [5.41, 5.74) is -0.530. The van der Waals surface area contributed by atoms with Crippen LogP contribution >= 0.6 is 0 Å². The number of imide groups is 1. The molecule has 1 aromatic rings. The number of carbonyl (C=O) groups is 2. The van der Waals surface area contributed by atoms with Crippen molar-refractivity contribution >= 4 is 11.8 Å². The van der Waals surface area contributed by atoms with Crippen LogP contribution < -0.4 is 5.32 Å². The minimum absolute atomic E-state index is 0.147. The molecule has 1 atom stereocenters. The third-order valence-electron chi connectivity index (χ3n) is 3.67. The van der Waals surface area contributed by atoms with E-state index in [2.05, 4.69) is 5.32 Å². The maximum Gasteiger partial charge on any atom is 0.416 e. The minimum atomic E-state index is -4.41. The second kappa shape index (κ2) is 6.48. The fraction of sp³-hybridized carbons (Fsp3) is 0.467. The highest BCUT2D eigenvalue weighted by Crippen LogP contribution is 2.34. The number of benzene rings is 1. The van der Waals surface area contributed by atoms with E-state index in [1.807, 2.05) is 0 Å². The van der Waals surface area contributed by atoms with E-state index in [1.165, 1.54) is 12.1 Å². The van der Waals surface area contributed by atoms with Gasteiger partial charge >= 0.3 is 6.18 Å². The van der Waals surface area contributed by atoms with Crippen LogP contribution in [0.5, 0.6) is 0 Å². The summed E-state index contributed by atoms with van der Waals surface area (Å²) in [7, 11) is 0. The lowest BCUT2D eigenvalue weighted by Crippen LogP contribution is -2.36. The van der Waals surface area contributed by atoms with Gasteiger partial charge in [0.1, 0.15) is 0 Å². The summed E-state index contributed by atoms with van der Waals surface area (Å²) >= 11 is 0. The number of hydrogen-bond acceptors (Lipinski definition) is 3. The molecular formula is C15H17F3N2O2. The van der Waals surface area contributed by atoms with Gasteiger partial charge in [-0.2, -0.15) is 13.2 Å². The first-order valence-corrected chi connectivity index (χ1v) is 7.03.